The van der Waals surface area contributed by atoms with Gasteiger partial charge < -0.3 is 20.1 Å². The van der Waals surface area contributed by atoms with Crippen LogP contribution in [0.3, 0.4) is 0 Å². The van der Waals surface area contributed by atoms with Crippen molar-refractivity contribution in [1.29, 1.82) is 5.26 Å². The summed E-state index contributed by atoms with van der Waals surface area (Å²) in [6.07, 6.45) is 1.25. The first kappa shape index (κ1) is 17.8. The van der Waals surface area contributed by atoms with Gasteiger partial charge in [-0.05, 0) is 29.8 Å². The molecule has 0 radical (unpaired) electrons. The molecule has 0 saturated heterocycles. The first-order valence-corrected chi connectivity index (χ1v) is 7.85. The van der Waals surface area contributed by atoms with E-state index >= 15 is 0 Å². The summed E-state index contributed by atoms with van der Waals surface area (Å²) in [5, 5.41) is 25.2. The van der Waals surface area contributed by atoms with E-state index in [0.717, 1.165) is 5.56 Å². The van der Waals surface area contributed by atoms with Gasteiger partial charge in [0.15, 0.2) is 11.5 Å². The molecule has 0 bridgehead atoms. The molecule has 2 N–H and O–H groups in total. The molecule has 136 valence electrons. The highest BCUT2D eigenvalue weighted by Crippen LogP contribution is 2.32. The highest BCUT2D eigenvalue weighted by molar-refractivity contribution is 5.97. The Morgan fingerprint density at radius 3 is 2.67 bits per heavy atom. The number of nitrogens with one attached hydrogen (secondary N) is 2. The predicted octanol–water partition coefficient (Wildman–Crippen LogP) is 2.46. The molecule has 0 atom stereocenters. The number of benzene rings is 2. The average molecular weight is 366 g/mol. The molecule has 0 aliphatic carbocycles. The molecule has 0 saturated carbocycles. The smallest absolute Gasteiger partial charge is 0.269 e. The van der Waals surface area contributed by atoms with Crippen LogP contribution < -0.4 is 20.1 Å². The van der Waals surface area contributed by atoms with Crippen molar-refractivity contribution >= 4 is 17.3 Å². The Hall–Kier alpha value is -4.06. The lowest BCUT2D eigenvalue weighted by molar-refractivity contribution is -0.384. The van der Waals surface area contributed by atoms with Gasteiger partial charge in [-0.15, -0.1) is 0 Å². The molecular weight excluding hydrogens is 352 g/mol. The van der Waals surface area contributed by atoms with E-state index in [1.54, 1.807) is 18.2 Å². The van der Waals surface area contributed by atoms with Crippen molar-refractivity contribution in [2.24, 2.45) is 0 Å². The number of nitriles is 1. The number of rotatable bonds is 6. The molecule has 2 aromatic carbocycles. The first-order chi connectivity index (χ1) is 13.1. The van der Waals surface area contributed by atoms with Crippen molar-refractivity contribution in [3.63, 3.8) is 0 Å². The fraction of sp³-hybridized carbons (Fsp3) is 0.111. The van der Waals surface area contributed by atoms with Gasteiger partial charge in [0.2, 0.25) is 6.79 Å². The molecule has 2 aromatic rings. The van der Waals surface area contributed by atoms with E-state index in [2.05, 4.69) is 10.6 Å². The summed E-state index contributed by atoms with van der Waals surface area (Å²) in [4.78, 5) is 22.3. The Labute approximate surface area is 154 Å². The maximum Gasteiger partial charge on any atom is 0.269 e. The van der Waals surface area contributed by atoms with Gasteiger partial charge in [-0.2, -0.15) is 5.26 Å². The van der Waals surface area contributed by atoms with Crippen molar-refractivity contribution in [3.8, 4) is 17.6 Å². The van der Waals surface area contributed by atoms with Gasteiger partial charge in [0, 0.05) is 30.6 Å². The van der Waals surface area contributed by atoms with Crippen LogP contribution in [0.5, 0.6) is 11.5 Å². The van der Waals surface area contributed by atoms with Gasteiger partial charge in [0.25, 0.3) is 11.6 Å². The molecule has 1 aliphatic rings. The van der Waals surface area contributed by atoms with E-state index in [-0.39, 0.29) is 24.6 Å². The van der Waals surface area contributed by atoms with Crippen molar-refractivity contribution in [1.82, 2.24) is 5.32 Å². The van der Waals surface area contributed by atoms with Crippen LogP contribution in [-0.4, -0.2) is 17.6 Å². The van der Waals surface area contributed by atoms with Crippen molar-refractivity contribution in [2.45, 2.75) is 6.54 Å². The summed E-state index contributed by atoms with van der Waals surface area (Å²) in [6, 6.07) is 12.7. The molecular formula is C18H14N4O5. The molecule has 3 rings (SSSR count). The molecule has 1 amide bonds. The van der Waals surface area contributed by atoms with Crippen molar-refractivity contribution in [2.75, 3.05) is 12.1 Å². The molecule has 1 heterocycles. The molecule has 27 heavy (non-hydrogen) atoms. The minimum Gasteiger partial charge on any atom is -0.454 e. The zero-order valence-corrected chi connectivity index (χ0v) is 14.0. The second-order valence-corrected chi connectivity index (χ2v) is 5.49. The van der Waals surface area contributed by atoms with Crippen LogP contribution in [0.25, 0.3) is 0 Å². The molecule has 0 aromatic heterocycles. The summed E-state index contributed by atoms with van der Waals surface area (Å²) < 4.78 is 10.5. The number of amides is 1. The number of nitro groups is 1. The standard InChI is InChI=1S/C18H14N4O5/c19-8-13(10-20-14-2-4-15(5-3-14)22(24)25)18(23)21-9-12-1-6-16-17(7-12)27-11-26-16/h1-7,10,20H,9,11H2,(H,21,23)/b13-10-. The molecule has 0 spiro atoms. The number of ether oxygens (including phenoxy) is 2. The summed E-state index contributed by atoms with van der Waals surface area (Å²) in [7, 11) is 0. The quantitative estimate of drug-likeness (QED) is 0.348. The fourth-order valence-electron chi connectivity index (χ4n) is 2.31. The lowest BCUT2D eigenvalue weighted by Crippen LogP contribution is -2.24. The van der Waals surface area contributed by atoms with E-state index in [4.69, 9.17) is 9.47 Å². The largest absolute Gasteiger partial charge is 0.454 e. The second-order valence-electron chi connectivity index (χ2n) is 5.49. The zero-order chi connectivity index (χ0) is 19.2. The average Bonchev–Trinajstić information content (AvgIpc) is 3.15. The highest BCUT2D eigenvalue weighted by atomic mass is 16.7. The number of nitrogens with zero attached hydrogens (tertiary/aromatic N) is 2. The van der Waals surface area contributed by atoms with E-state index in [9.17, 15) is 20.2 Å². The van der Waals surface area contributed by atoms with Crippen LogP contribution in [0, 0.1) is 21.4 Å². The molecule has 0 unspecified atom stereocenters. The van der Waals surface area contributed by atoms with Crippen LogP contribution in [0.1, 0.15) is 5.56 Å². The highest BCUT2D eigenvalue weighted by Gasteiger charge is 2.14. The number of hydrogen-bond acceptors (Lipinski definition) is 7. The third-order valence-corrected chi connectivity index (χ3v) is 3.72. The number of fused-ring (bicyclic) bond motifs is 1. The second kappa shape index (κ2) is 7.88. The normalized spacial score (nSPS) is 12.2. The van der Waals surface area contributed by atoms with E-state index in [1.165, 1.54) is 30.5 Å². The van der Waals surface area contributed by atoms with Gasteiger partial charge in [-0.3, -0.25) is 14.9 Å². The molecule has 1 aliphatic heterocycles. The van der Waals surface area contributed by atoms with Gasteiger partial charge in [0.1, 0.15) is 11.6 Å². The Bertz CT molecular complexity index is 947. The number of nitro benzene ring substituents is 1. The molecule has 9 heteroatoms. The lowest BCUT2D eigenvalue weighted by Gasteiger charge is -2.06. The number of carbonyl (C=O) groups excluding carboxylic acids is 1. The SMILES string of the molecule is N#C/C(=C/Nc1ccc([N+](=O)[O-])cc1)C(=O)NCc1ccc2c(c1)OCO2. The summed E-state index contributed by atoms with van der Waals surface area (Å²) >= 11 is 0. The van der Waals surface area contributed by atoms with Gasteiger partial charge in [-0.25, -0.2) is 0 Å². The Morgan fingerprint density at radius 1 is 1.22 bits per heavy atom. The molecule has 9 nitrogen and oxygen atoms in total. The Kier molecular flexibility index (Phi) is 5.18. The van der Waals surface area contributed by atoms with Crippen molar-refractivity contribution < 1.29 is 19.2 Å². The summed E-state index contributed by atoms with van der Waals surface area (Å²) in [5.74, 6) is 0.706. The Morgan fingerprint density at radius 2 is 1.96 bits per heavy atom. The van der Waals surface area contributed by atoms with E-state index < -0.39 is 10.8 Å². The lowest BCUT2D eigenvalue weighted by atomic mass is 10.2. The molecule has 0 fully saturated rings. The number of anilines is 1. The van der Waals surface area contributed by atoms with Crippen molar-refractivity contribution in [3.05, 3.63) is 69.9 Å². The van der Waals surface area contributed by atoms with E-state index in [0.29, 0.717) is 17.2 Å². The van der Waals surface area contributed by atoms with Crippen LogP contribution in [0.4, 0.5) is 11.4 Å². The third-order valence-electron chi connectivity index (χ3n) is 3.72. The van der Waals surface area contributed by atoms with Gasteiger partial charge in [-0.1, -0.05) is 6.07 Å². The van der Waals surface area contributed by atoms with Crippen LogP contribution in [-0.2, 0) is 11.3 Å². The number of non-ortho nitro benzene ring substituents is 1. The fourth-order valence-corrected chi connectivity index (χ4v) is 2.31. The summed E-state index contributed by atoms with van der Waals surface area (Å²) in [5.41, 5.74) is 1.13. The maximum absolute atomic E-state index is 12.2. The maximum atomic E-state index is 12.2. The summed E-state index contributed by atoms with van der Waals surface area (Å²) in [6.45, 7) is 0.382. The Balaban J connectivity index is 1.59. The van der Waals surface area contributed by atoms with Crippen LogP contribution in [0.2, 0.25) is 0 Å². The number of hydrogen-bond donors (Lipinski definition) is 2. The van der Waals surface area contributed by atoms with Gasteiger partial charge >= 0.3 is 0 Å². The van der Waals surface area contributed by atoms with Crippen LogP contribution >= 0.6 is 0 Å². The monoisotopic (exact) mass is 366 g/mol. The minimum absolute atomic E-state index is 0.0495. The first-order valence-electron chi connectivity index (χ1n) is 7.85. The third kappa shape index (κ3) is 4.32. The minimum atomic E-state index is -0.551. The van der Waals surface area contributed by atoms with Crippen LogP contribution in [0.15, 0.2) is 54.2 Å². The van der Waals surface area contributed by atoms with E-state index in [1.807, 2.05) is 6.07 Å². The zero-order valence-electron chi connectivity index (χ0n) is 14.0. The topological polar surface area (TPSA) is 127 Å². The van der Waals surface area contributed by atoms with Gasteiger partial charge in [0.05, 0.1) is 4.92 Å². The predicted molar refractivity (Wildman–Crippen MR) is 94.8 cm³/mol. The number of carbonyl (C=O) groups is 1.